The van der Waals surface area contributed by atoms with Crippen LogP contribution in [-0.4, -0.2) is 34.1 Å². The second-order valence-electron chi connectivity index (χ2n) is 5.70. The van der Waals surface area contributed by atoms with E-state index in [4.69, 9.17) is 15.0 Å². The quantitative estimate of drug-likeness (QED) is 0.869. The first-order chi connectivity index (χ1) is 11.1. The maximum atomic E-state index is 10.8. The number of likely N-dealkylation sites (tertiary alicyclic amines) is 1. The van der Waals surface area contributed by atoms with E-state index in [9.17, 15) is 4.79 Å². The second kappa shape index (κ2) is 6.78. The minimum absolute atomic E-state index is 0.113. The molecule has 23 heavy (non-hydrogen) atoms. The lowest BCUT2D eigenvalue weighted by Gasteiger charge is -2.22. The van der Waals surface area contributed by atoms with Gasteiger partial charge in [0.2, 0.25) is 5.89 Å². The van der Waals surface area contributed by atoms with Crippen LogP contribution in [0.5, 0.6) is 5.75 Å². The summed E-state index contributed by atoms with van der Waals surface area (Å²) in [5, 5.41) is 4.05. The molecule has 0 spiro atoms. The molecule has 7 nitrogen and oxygen atoms in total. The van der Waals surface area contributed by atoms with Crippen LogP contribution in [0.15, 0.2) is 28.8 Å². The van der Waals surface area contributed by atoms with Crippen molar-refractivity contribution in [2.45, 2.75) is 32.4 Å². The number of rotatable bonds is 6. The summed E-state index contributed by atoms with van der Waals surface area (Å²) in [6.07, 6.45) is 2.13. The number of ether oxygens (including phenoxy) is 1. The summed E-state index contributed by atoms with van der Waals surface area (Å²) in [5.74, 6) is 1.50. The third-order valence-electron chi connectivity index (χ3n) is 3.87. The molecule has 1 saturated heterocycles. The zero-order chi connectivity index (χ0) is 16.2. The van der Waals surface area contributed by atoms with Crippen LogP contribution in [0.2, 0.25) is 0 Å². The van der Waals surface area contributed by atoms with Gasteiger partial charge in [-0.15, -0.1) is 0 Å². The Labute approximate surface area is 134 Å². The van der Waals surface area contributed by atoms with Gasteiger partial charge in [-0.2, -0.15) is 4.98 Å². The minimum Gasteiger partial charge on any atom is -0.484 e. The van der Waals surface area contributed by atoms with Crippen LogP contribution in [0.1, 0.15) is 36.2 Å². The number of nitrogens with zero attached hydrogens (tertiary/aromatic N) is 3. The van der Waals surface area contributed by atoms with Gasteiger partial charge in [0, 0.05) is 13.5 Å². The number of hydrogen-bond acceptors (Lipinski definition) is 6. The zero-order valence-electron chi connectivity index (χ0n) is 13.1. The summed E-state index contributed by atoms with van der Waals surface area (Å²) in [7, 11) is 0. The number of aromatic nitrogens is 2. The number of nitrogens with two attached hydrogens (primary N) is 1. The molecule has 122 valence electrons. The van der Waals surface area contributed by atoms with Crippen molar-refractivity contribution in [1.29, 1.82) is 0 Å². The lowest BCUT2D eigenvalue weighted by Crippen LogP contribution is -2.23. The first kappa shape index (κ1) is 15.5. The second-order valence-corrected chi connectivity index (χ2v) is 5.70. The predicted octanol–water partition coefficient (Wildman–Crippen LogP) is 1.58. The standard InChI is InChI=1S/C16H20N4O3/c1-11-18-16(19-23-11)14-6-3-7-20(14)9-12-4-2-5-13(8-12)22-10-15(17)21/h2,4-5,8,14H,3,6-7,9-10H2,1H3,(H2,17,21)/t14-/m0/s1. The Balaban J connectivity index is 1.68. The van der Waals surface area contributed by atoms with Gasteiger partial charge in [0.05, 0.1) is 6.04 Å². The molecule has 1 aliphatic heterocycles. The molecule has 2 aromatic rings. The number of primary amides is 1. The Morgan fingerprint density at radius 3 is 3.13 bits per heavy atom. The van der Waals surface area contributed by atoms with Crippen molar-refractivity contribution in [2.24, 2.45) is 5.73 Å². The SMILES string of the molecule is Cc1nc([C@@H]2CCCN2Cc2cccc(OCC(N)=O)c2)no1. The van der Waals surface area contributed by atoms with E-state index in [-0.39, 0.29) is 12.6 Å². The topological polar surface area (TPSA) is 94.5 Å². The van der Waals surface area contributed by atoms with E-state index in [0.717, 1.165) is 37.3 Å². The maximum absolute atomic E-state index is 10.8. The molecule has 0 unspecified atom stereocenters. The first-order valence-corrected chi connectivity index (χ1v) is 7.66. The maximum Gasteiger partial charge on any atom is 0.255 e. The first-order valence-electron chi connectivity index (χ1n) is 7.66. The van der Waals surface area contributed by atoms with Crippen molar-refractivity contribution in [3.8, 4) is 5.75 Å². The smallest absolute Gasteiger partial charge is 0.255 e. The largest absolute Gasteiger partial charge is 0.484 e. The van der Waals surface area contributed by atoms with Crippen LogP contribution in [0.3, 0.4) is 0 Å². The Bertz CT molecular complexity index is 685. The van der Waals surface area contributed by atoms with Crippen molar-refractivity contribution >= 4 is 5.91 Å². The predicted molar refractivity (Wildman–Crippen MR) is 82.6 cm³/mol. The van der Waals surface area contributed by atoms with Gasteiger partial charge in [-0.1, -0.05) is 17.3 Å². The minimum atomic E-state index is -0.484. The highest BCUT2D eigenvalue weighted by Gasteiger charge is 2.29. The molecule has 2 N–H and O–H groups in total. The third kappa shape index (κ3) is 3.87. The highest BCUT2D eigenvalue weighted by molar-refractivity contribution is 5.75. The molecule has 1 amide bonds. The van der Waals surface area contributed by atoms with E-state index in [1.165, 1.54) is 0 Å². The highest BCUT2D eigenvalue weighted by Crippen LogP contribution is 2.31. The molecule has 1 atom stereocenters. The Kier molecular flexibility index (Phi) is 4.57. The van der Waals surface area contributed by atoms with Gasteiger partial charge in [-0.05, 0) is 37.1 Å². The van der Waals surface area contributed by atoms with Crippen LogP contribution >= 0.6 is 0 Å². The van der Waals surface area contributed by atoms with Crippen molar-refractivity contribution in [3.63, 3.8) is 0 Å². The molecule has 2 heterocycles. The van der Waals surface area contributed by atoms with E-state index < -0.39 is 5.91 Å². The lowest BCUT2D eigenvalue weighted by atomic mass is 10.1. The van der Waals surface area contributed by atoms with Crippen molar-refractivity contribution < 1.29 is 14.1 Å². The van der Waals surface area contributed by atoms with Gasteiger partial charge in [-0.25, -0.2) is 0 Å². The van der Waals surface area contributed by atoms with E-state index in [1.54, 1.807) is 6.92 Å². The van der Waals surface area contributed by atoms with Gasteiger partial charge in [0.25, 0.3) is 5.91 Å². The molecule has 3 rings (SSSR count). The molecule has 0 aliphatic carbocycles. The number of carbonyl (C=O) groups excluding carboxylic acids is 1. The highest BCUT2D eigenvalue weighted by atomic mass is 16.5. The molecule has 1 aromatic carbocycles. The molecular weight excluding hydrogens is 296 g/mol. The zero-order valence-corrected chi connectivity index (χ0v) is 13.1. The molecule has 7 heteroatoms. The summed E-state index contributed by atoms with van der Waals surface area (Å²) >= 11 is 0. The van der Waals surface area contributed by atoms with E-state index in [1.807, 2.05) is 24.3 Å². The fourth-order valence-corrected chi connectivity index (χ4v) is 2.88. The van der Waals surface area contributed by atoms with Gasteiger partial charge < -0.3 is 15.0 Å². The van der Waals surface area contributed by atoms with Crippen LogP contribution in [-0.2, 0) is 11.3 Å². The van der Waals surface area contributed by atoms with E-state index >= 15 is 0 Å². The molecule has 1 aromatic heterocycles. The fourth-order valence-electron chi connectivity index (χ4n) is 2.88. The normalized spacial score (nSPS) is 18.2. The summed E-state index contributed by atoms with van der Waals surface area (Å²) in [6, 6.07) is 7.88. The molecule has 0 radical (unpaired) electrons. The number of aryl methyl sites for hydroxylation is 1. The lowest BCUT2D eigenvalue weighted by molar-refractivity contribution is -0.119. The van der Waals surface area contributed by atoms with Crippen LogP contribution in [0.4, 0.5) is 0 Å². The monoisotopic (exact) mass is 316 g/mol. The van der Waals surface area contributed by atoms with Gasteiger partial charge in [0.1, 0.15) is 5.75 Å². The van der Waals surface area contributed by atoms with Crippen LogP contribution in [0.25, 0.3) is 0 Å². The van der Waals surface area contributed by atoms with Gasteiger partial charge in [-0.3, -0.25) is 9.69 Å². The summed E-state index contributed by atoms with van der Waals surface area (Å²) in [5.41, 5.74) is 6.21. The van der Waals surface area contributed by atoms with Crippen molar-refractivity contribution in [1.82, 2.24) is 15.0 Å². The van der Waals surface area contributed by atoms with Crippen LogP contribution < -0.4 is 10.5 Å². The number of carbonyl (C=O) groups is 1. The Morgan fingerprint density at radius 1 is 1.52 bits per heavy atom. The molecule has 1 fully saturated rings. The number of benzene rings is 1. The third-order valence-corrected chi connectivity index (χ3v) is 3.87. The van der Waals surface area contributed by atoms with Gasteiger partial charge >= 0.3 is 0 Å². The summed E-state index contributed by atoms with van der Waals surface area (Å²) in [6.45, 7) is 3.45. The molecular formula is C16H20N4O3. The molecule has 1 aliphatic rings. The number of hydrogen-bond donors (Lipinski definition) is 1. The van der Waals surface area contributed by atoms with Crippen molar-refractivity contribution in [3.05, 3.63) is 41.5 Å². The summed E-state index contributed by atoms with van der Waals surface area (Å²) in [4.78, 5) is 17.5. The molecule has 0 saturated carbocycles. The average molecular weight is 316 g/mol. The Hall–Kier alpha value is -2.41. The van der Waals surface area contributed by atoms with Gasteiger partial charge in [0.15, 0.2) is 12.4 Å². The number of amides is 1. The Morgan fingerprint density at radius 2 is 2.39 bits per heavy atom. The van der Waals surface area contributed by atoms with Crippen molar-refractivity contribution in [2.75, 3.05) is 13.2 Å². The van der Waals surface area contributed by atoms with Crippen LogP contribution in [0, 0.1) is 6.92 Å². The van der Waals surface area contributed by atoms with E-state index in [2.05, 4.69) is 15.0 Å². The fraction of sp³-hybridized carbons (Fsp3) is 0.438. The molecule has 0 bridgehead atoms. The van der Waals surface area contributed by atoms with E-state index in [0.29, 0.717) is 11.6 Å². The summed E-state index contributed by atoms with van der Waals surface area (Å²) < 4.78 is 10.5. The average Bonchev–Trinajstić information content (AvgIpc) is 3.14.